The second-order valence-electron chi connectivity index (χ2n) is 11.3. The Labute approximate surface area is 275 Å². The summed E-state index contributed by atoms with van der Waals surface area (Å²) in [5, 5.41) is 3.05. The topological polar surface area (TPSA) is 135 Å². The second kappa shape index (κ2) is 12.2. The van der Waals surface area contributed by atoms with Crippen LogP contribution < -0.4 is 14.4 Å². The van der Waals surface area contributed by atoms with Gasteiger partial charge in [-0.15, -0.1) is 0 Å². The number of carbonyl (C=O) groups is 2. The number of nitrogens with one attached hydrogen (secondary N) is 1. The molecular formula is C35H31FN4O7S. The van der Waals surface area contributed by atoms with Gasteiger partial charge in [-0.2, -0.15) is 0 Å². The lowest BCUT2D eigenvalue weighted by Gasteiger charge is -2.21. The quantitative estimate of drug-likeness (QED) is 0.203. The zero-order valence-corrected chi connectivity index (χ0v) is 27.7. The molecule has 11 nitrogen and oxygen atoms in total. The molecule has 1 N–H and O–H groups in total. The summed E-state index contributed by atoms with van der Waals surface area (Å²) in [6.45, 7) is 0. The minimum atomic E-state index is -3.76. The molecule has 2 heterocycles. The molecule has 246 valence electrons. The number of amides is 2. The van der Waals surface area contributed by atoms with E-state index in [2.05, 4.69) is 10.3 Å². The first-order valence-corrected chi connectivity index (χ1v) is 16.5. The molecule has 0 atom stereocenters. The van der Waals surface area contributed by atoms with Gasteiger partial charge in [-0.05, 0) is 66.2 Å². The van der Waals surface area contributed by atoms with Gasteiger partial charge in [-0.1, -0.05) is 6.07 Å². The van der Waals surface area contributed by atoms with Crippen LogP contribution in [0, 0.1) is 5.82 Å². The van der Waals surface area contributed by atoms with Gasteiger partial charge in [0.15, 0.2) is 5.58 Å². The fraction of sp³-hybridized carbons (Fsp3) is 0.171. The lowest BCUT2D eigenvalue weighted by molar-refractivity contribution is 0.0827. The van der Waals surface area contributed by atoms with Crippen molar-refractivity contribution < 1.29 is 36.0 Å². The maximum atomic E-state index is 13.8. The molecule has 2 amide bonds. The number of nitrogens with zero attached hydrogens (tertiary/aromatic N) is 3. The zero-order valence-electron chi connectivity index (χ0n) is 26.9. The molecule has 0 fully saturated rings. The third kappa shape index (κ3) is 5.72. The number of rotatable bonds is 8. The predicted molar refractivity (Wildman–Crippen MR) is 181 cm³/mol. The first-order valence-electron chi connectivity index (χ1n) is 14.6. The minimum absolute atomic E-state index is 0.190. The third-order valence-corrected chi connectivity index (χ3v) is 9.18. The van der Waals surface area contributed by atoms with Gasteiger partial charge in [0.2, 0.25) is 15.9 Å². The summed E-state index contributed by atoms with van der Waals surface area (Å²) in [7, 11) is 3.96. The molecular weight excluding hydrogens is 639 g/mol. The Morgan fingerprint density at radius 1 is 0.875 bits per heavy atom. The number of hydrogen-bond acceptors (Lipinski definition) is 8. The van der Waals surface area contributed by atoms with Gasteiger partial charge in [0.05, 0.1) is 30.2 Å². The van der Waals surface area contributed by atoms with Crippen molar-refractivity contribution in [3.8, 4) is 39.7 Å². The molecule has 0 saturated carbocycles. The maximum Gasteiger partial charge on any atom is 0.255 e. The number of methoxy groups -OCH3 is 1. The number of halogens is 1. The second-order valence-corrected chi connectivity index (χ2v) is 13.3. The fourth-order valence-corrected chi connectivity index (χ4v) is 5.94. The van der Waals surface area contributed by atoms with Crippen LogP contribution in [0.15, 0.2) is 81.6 Å². The summed E-state index contributed by atoms with van der Waals surface area (Å²) < 4.78 is 58.5. The van der Waals surface area contributed by atoms with E-state index in [-0.39, 0.29) is 34.4 Å². The van der Waals surface area contributed by atoms with Gasteiger partial charge >= 0.3 is 0 Å². The number of hydrogen-bond donors (Lipinski definition) is 1. The van der Waals surface area contributed by atoms with Gasteiger partial charge in [-0.3, -0.25) is 13.9 Å². The summed E-state index contributed by atoms with van der Waals surface area (Å²) in [6, 6.07) is 18.9. The minimum Gasteiger partial charge on any atom is -0.496 e. The van der Waals surface area contributed by atoms with E-state index in [0.29, 0.717) is 50.1 Å². The monoisotopic (exact) mass is 670 g/mol. The van der Waals surface area contributed by atoms with Crippen LogP contribution in [0.3, 0.4) is 0 Å². The lowest BCUT2D eigenvalue weighted by atomic mass is 9.97. The number of oxazole rings is 1. The highest BCUT2D eigenvalue weighted by atomic mass is 32.2. The van der Waals surface area contributed by atoms with E-state index in [0.717, 1.165) is 10.6 Å². The number of carbonyl (C=O) groups excluding carboxylic acids is 2. The SMILES string of the molecule is CNC(=O)c1c(-c2ccc(F)cc2)oc2cc(N(C)S(C)(=O)=O)c(-c3ccc(OC)c(-c4nc5ccc(C(=O)N(C)C)cc5o4)c3)cc12. The molecule has 0 aliphatic rings. The summed E-state index contributed by atoms with van der Waals surface area (Å²) in [5.74, 6) is -0.245. The van der Waals surface area contributed by atoms with Crippen LogP contribution in [0.1, 0.15) is 20.7 Å². The van der Waals surface area contributed by atoms with E-state index in [4.69, 9.17) is 13.6 Å². The molecule has 0 radical (unpaired) electrons. The van der Waals surface area contributed by atoms with Crippen molar-refractivity contribution in [2.45, 2.75) is 0 Å². The average Bonchev–Trinajstić information content (AvgIpc) is 3.67. The van der Waals surface area contributed by atoms with Crippen LogP contribution in [0.4, 0.5) is 10.1 Å². The Morgan fingerprint density at radius 3 is 2.23 bits per heavy atom. The van der Waals surface area contributed by atoms with Crippen molar-refractivity contribution in [2.24, 2.45) is 0 Å². The Bertz CT molecular complexity index is 2340. The number of ether oxygens (including phenoxy) is 1. The molecule has 0 spiro atoms. The fourth-order valence-electron chi connectivity index (χ4n) is 5.43. The number of anilines is 1. The van der Waals surface area contributed by atoms with Crippen LogP contribution in [-0.4, -0.2) is 71.7 Å². The first-order chi connectivity index (χ1) is 22.8. The van der Waals surface area contributed by atoms with Gasteiger partial charge in [0, 0.05) is 56.3 Å². The van der Waals surface area contributed by atoms with E-state index < -0.39 is 21.7 Å². The summed E-state index contributed by atoms with van der Waals surface area (Å²) >= 11 is 0. The summed E-state index contributed by atoms with van der Waals surface area (Å²) in [5.41, 5.74) is 4.00. The predicted octanol–water partition coefficient (Wildman–Crippen LogP) is 6.18. The smallest absolute Gasteiger partial charge is 0.255 e. The van der Waals surface area contributed by atoms with Gasteiger partial charge in [-0.25, -0.2) is 17.8 Å². The van der Waals surface area contributed by atoms with Crippen LogP contribution in [0.2, 0.25) is 0 Å². The van der Waals surface area contributed by atoms with Crippen molar-refractivity contribution in [3.63, 3.8) is 0 Å². The van der Waals surface area contributed by atoms with Crippen molar-refractivity contribution in [1.29, 1.82) is 0 Å². The molecule has 48 heavy (non-hydrogen) atoms. The van der Waals surface area contributed by atoms with E-state index in [1.54, 1.807) is 62.6 Å². The largest absolute Gasteiger partial charge is 0.496 e. The molecule has 0 aliphatic carbocycles. The van der Waals surface area contributed by atoms with E-state index in [9.17, 15) is 22.4 Å². The van der Waals surface area contributed by atoms with Crippen molar-refractivity contribution in [3.05, 3.63) is 89.7 Å². The lowest BCUT2D eigenvalue weighted by Crippen LogP contribution is -2.25. The Balaban J connectivity index is 1.59. The van der Waals surface area contributed by atoms with E-state index >= 15 is 0 Å². The molecule has 6 rings (SSSR count). The highest BCUT2D eigenvalue weighted by Crippen LogP contribution is 2.43. The molecule has 2 aromatic heterocycles. The zero-order chi connectivity index (χ0) is 34.5. The third-order valence-electron chi connectivity index (χ3n) is 7.99. The number of benzene rings is 4. The van der Waals surface area contributed by atoms with Crippen molar-refractivity contribution in [2.75, 3.05) is 45.9 Å². The molecule has 0 aliphatic heterocycles. The molecule has 0 bridgehead atoms. The number of sulfonamides is 1. The Kier molecular flexibility index (Phi) is 8.17. The molecule has 0 saturated heterocycles. The van der Waals surface area contributed by atoms with Crippen LogP contribution in [-0.2, 0) is 10.0 Å². The number of aromatic nitrogens is 1. The number of fused-ring (bicyclic) bond motifs is 2. The van der Waals surface area contributed by atoms with Crippen molar-refractivity contribution in [1.82, 2.24) is 15.2 Å². The first kappa shape index (κ1) is 32.3. The summed E-state index contributed by atoms with van der Waals surface area (Å²) in [4.78, 5) is 31.9. The normalized spacial score (nSPS) is 11.6. The summed E-state index contributed by atoms with van der Waals surface area (Å²) in [6.07, 6.45) is 1.08. The molecule has 0 unspecified atom stereocenters. The van der Waals surface area contributed by atoms with Crippen molar-refractivity contribution >= 4 is 49.6 Å². The van der Waals surface area contributed by atoms with E-state index in [1.165, 1.54) is 50.4 Å². The average molecular weight is 671 g/mol. The van der Waals surface area contributed by atoms with Gasteiger partial charge in [0.1, 0.15) is 28.4 Å². The Morgan fingerprint density at radius 2 is 1.58 bits per heavy atom. The van der Waals surface area contributed by atoms with Crippen LogP contribution in [0.5, 0.6) is 5.75 Å². The molecule has 6 aromatic rings. The molecule has 4 aromatic carbocycles. The van der Waals surface area contributed by atoms with Crippen LogP contribution >= 0.6 is 0 Å². The van der Waals surface area contributed by atoms with Gasteiger partial charge in [0.25, 0.3) is 11.8 Å². The van der Waals surface area contributed by atoms with Crippen LogP contribution in [0.25, 0.3) is 56.0 Å². The Hall–Kier alpha value is -5.69. The number of furan rings is 1. The van der Waals surface area contributed by atoms with E-state index in [1.807, 2.05) is 0 Å². The highest BCUT2D eigenvalue weighted by Gasteiger charge is 2.27. The maximum absolute atomic E-state index is 13.8. The molecule has 13 heteroatoms. The van der Waals surface area contributed by atoms with Gasteiger partial charge < -0.3 is 23.8 Å². The standard InChI is InChI=1S/C35H31FN4O7S/c1-37-33(41)31-24-17-23(27(40(4)48(6,43)44)18-29(24)46-32(31)19-7-11-22(36)12-8-19)20-10-14-28(45-5)25(15-20)34-38-26-13-9-21(16-30(26)47-34)35(42)39(2)3/h7-18H,1-6H3,(H,37,41). The highest BCUT2D eigenvalue weighted by molar-refractivity contribution is 7.92.